The number of ether oxygens (including phenoxy) is 2. The number of piperidine rings is 1. The summed E-state index contributed by atoms with van der Waals surface area (Å²) < 4.78 is 36.8. The smallest absolute Gasteiger partial charge is 0.324 e. The minimum atomic E-state index is -4.28. The van der Waals surface area contributed by atoms with Crippen LogP contribution in [0.25, 0.3) is 0 Å². The Balaban J connectivity index is 2.34. The van der Waals surface area contributed by atoms with E-state index in [9.17, 15) is 28.5 Å². The number of aliphatic hydroxyl groups is 2. The predicted molar refractivity (Wildman–Crippen MR) is 93.5 cm³/mol. The lowest BCUT2D eigenvalue weighted by molar-refractivity contribution is -0.166. The topological polar surface area (TPSA) is 134 Å². The summed E-state index contributed by atoms with van der Waals surface area (Å²) in [6.45, 7) is 1.23. The predicted octanol–water partition coefficient (Wildman–Crippen LogP) is -0.717. The number of methoxy groups -OCH3 is 1. The van der Waals surface area contributed by atoms with E-state index in [2.05, 4.69) is 11.8 Å². The van der Waals surface area contributed by atoms with Gasteiger partial charge in [0.2, 0.25) is 10.0 Å². The Kier molecular flexibility index (Phi) is 6.80. The summed E-state index contributed by atoms with van der Waals surface area (Å²) >= 11 is 0. The lowest BCUT2D eigenvalue weighted by atomic mass is 9.96. The number of carboxylic acids is 1. The van der Waals surface area contributed by atoms with Crippen LogP contribution in [0.1, 0.15) is 6.92 Å². The third-order valence-corrected chi connectivity index (χ3v) is 6.02. The van der Waals surface area contributed by atoms with Gasteiger partial charge < -0.3 is 24.8 Å². The van der Waals surface area contributed by atoms with Crippen LogP contribution in [-0.2, 0) is 19.6 Å². The third kappa shape index (κ3) is 4.40. The van der Waals surface area contributed by atoms with Crippen molar-refractivity contribution in [2.75, 3.05) is 20.3 Å². The number of β-amino-alcohol motifs (C(OH)–C–C–N with tert-alkyl or cyclic N) is 1. The lowest BCUT2D eigenvalue weighted by Crippen LogP contribution is -2.65. The van der Waals surface area contributed by atoms with Crippen molar-refractivity contribution in [3.63, 3.8) is 0 Å². The fourth-order valence-electron chi connectivity index (χ4n) is 2.79. The van der Waals surface area contributed by atoms with Gasteiger partial charge in [0, 0.05) is 13.7 Å². The van der Waals surface area contributed by atoms with Gasteiger partial charge in [-0.05, 0) is 31.2 Å². The third-order valence-electron chi connectivity index (χ3n) is 4.16. The summed E-state index contributed by atoms with van der Waals surface area (Å²) in [5.41, 5.74) is 0. The Morgan fingerprint density at radius 2 is 1.93 bits per heavy atom. The van der Waals surface area contributed by atoms with E-state index in [1.165, 1.54) is 24.3 Å². The van der Waals surface area contributed by atoms with Crippen molar-refractivity contribution in [1.29, 1.82) is 0 Å². The van der Waals surface area contributed by atoms with E-state index >= 15 is 0 Å². The maximum absolute atomic E-state index is 12.9. The van der Waals surface area contributed by atoms with Crippen molar-refractivity contribution < 1.29 is 38.0 Å². The summed E-state index contributed by atoms with van der Waals surface area (Å²) in [5.74, 6) is 4.27. The van der Waals surface area contributed by atoms with Crippen molar-refractivity contribution in [2.24, 2.45) is 0 Å². The minimum Gasteiger partial charge on any atom is -0.481 e. The zero-order valence-corrected chi connectivity index (χ0v) is 15.6. The first-order valence-electron chi connectivity index (χ1n) is 8.00. The standard InChI is InChI=1S/C17H21NO8S/c1-3-4-9-26-11-5-7-12(8-6-11)27(23,24)18-10-13(19)15(20)16(25-2)14(18)17(21)22/h5-8,13-16,19-20H,9-10H2,1-2H3,(H,21,22). The number of nitrogens with zero attached hydrogens (tertiary/aromatic N) is 1. The van der Waals surface area contributed by atoms with Crippen LogP contribution in [-0.4, -0.2) is 78.6 Å². The van der Waals surface area contributed by atoms with E-state index in [4.69, 9.17) is 9.47 Å². The number of carboxylic acid groups (broad SMARTS) is 1. The fourth-order valence-corrected chi connectivity index (χ4v) is 4.40. The summed E-state index contributed by atoms with van der Waals surface area (Å²) in [5, 5.41) is 29.4. The highest BCUT2D eigenvalue weighted by atomic mass is 32.2. The quantitative estimate of drug-likeness (QED) is 0.534. The van der Waals surface area contributed by atoms with E-state index in [-0.39, 0.29) is 11.5 Å². The number of rotatable bonds is 6. The zero-order chi connectivity index (χ0) is 20.2. The fraction of sp³-hybridized carbons (Fsp3) is 0.471. The first kappa shape index (κ1) is 21.1. The van der Waals surface area contributed by atoms with Gasteiger partial charge >= 0.3 is 5.97 Å². The molecule has 1 aliphatic rings. The number of aliphatic carboxylic acids is 1. The molecule has 2 rings (SSSR count). The molecule has 9 nitrogen and oxygen atoms in total. The number of benzene rings is 1. The van der Waals surface area contributed by atoms with Gasteiger partial charge in [-0.15, -0.1) is 5.92 Å². The SMILES string of the molecule is CC#CCOc1ccc(S(=O)(=O)N2CC(O)C(O)C(OC)C2C(=O)O)cc1. The highest BCUT2D eigenvalue weighted by Gasteiger charge is 2.51. The maximum atomic E-state index is 12.9. The van der Waals surface area contributed by atoms with Crippen LogP contribution in [0.4, 0.5) is 0 Å². The molecule has 0 amide bonds. The molecule has 0 aromatic heterocycles. The molecular formula is C17H21NO8S. The Hall–Kier alpha value is -2.16. The van der Waals surface area contributed by atoms with Gasteiger partial charge in [-0.3, -0.25) is 4.79 Å². The average Bonchev–Trinajstić information content (AvgIpc) is 2.63. The summed E-state index contributed by atoms with van der Waals surface area (Å²) in [6.07, 6.45) is -4.44. The van der Waals surface area contributed by atoms with Gasteiger partial charge in [0.25, 0.3) is 0 Å². The zero-order valence-electron chi connectivity index (χ0n) is 14.8. The van der Waals surface area contributed by atoms with Gasteiger partial charge in [0.15, 0.2) is 6.04 Å². The van der Waals surface area contributed by atoms with Crippen molar-refractivity contribution >= 4 is 16.0 Å². The Morgan fingerprint density at radius 3 is 2.44 bits per heavy atom. The molecule has 0 bridgehead atoms. The van der Waals surface area contributed by atoms with Crippen molar-refractivity contribution in [1.82, 2.24) is 4.31 Å². The van der Waals surface area contributed by atoms with Crippen molar-refractivity contribution in [2.45, 2.75) is 36.2 Å². The van der Waals surface area contributed by atoms with E-state index in [0.717, 1.165) is 7.11 Å². The molecule has 4 atom stereocenters. The molecule has 1 aromatic carbocycles. The molecule has 1 aromatic rings. The number of aliphatic hydroxyl groups excluding tert-OH is 2. The molecule has 0 aliphatic carbocycles. The van der Waals surface area contributed by atoms with Crippen LogP contribution in [0.3, 0.4) is 0 Å². The maximum Gasteiger partial charge on any atom is 0.324 e. The highest BCUT2D eigenvalue weighted by molar-refractivity contribution is 7.89. The molecule has 1 fully saturated rings. The summed E-state index contributed by atoms with van der Waals surface area (Å²) in [6, 6.07) is 3.69. The summed E-state index contributed by atoms with van der Waals surface area (Å²) in [7, 11) is -3.14. The van der Waals surface area contributed by atoms with Gasteiger partial charge in [-0.1, -0.05) is 5.92 Å². The molecule has 0 spiro atoms. The van der Waals surface area contributed by atoms with Gasteiger partial charge in [0.1, 0.15) is 24.6 Å². The van der Waals surface area contributed by atoms with Crippen molar-refractivity contribution in [3.8, 4) is 17.6 Å². The van der Waals surface area contributed by atoms with Crippen LogP contribution in [0.5, 0.6) is 5.75 Å². The van der Waals surface area contributed by atoms with Gasteiger partial charge in [-0.2, -0.15) is 4.31 Å². The molecule has 1 heterocycles. The molecule has 27 heavy (non-hydrogen) atoms. The average molecular weight is 399 g/mol. The van der Waals surface area contributed by atoms with E-state index in [1.54, 1.807) is 6.92 Å². The Morgan fingerprint density at radius 1 is 1.30 bits per heavy atom. The Labute approximate surface area is 157 Å². The van der Waals surface area contributed by atoms with E-state index in [0.29, 0.717) is 10.1 Å². The normalized spacial score (nSPS) is 26.1. The Bertz CT molecular complexity index is 827. The second kappa shape index (κ2) is 8.69. The molecular weight excluding hydrogens is 378 g/mol. The van der Waals surface area contributed by atoms with Crippen molar-refractivity contribution in [3.05, 3.63) is 24.3 Å². The van der Waals surface area contributed by atoms with Crippen LogP contribution < -0.4 is 4.74 Å². The van der Waals surface area contributed by atoms with Crippen LogP contribution in [0, 0.1) is 11.8 Å². The van der Waals surface area contributed by atoms with E-state index < -0.39 is 46.9 Å². The number of hydrogen-bond donors (Lipinski definition) is 3. The highest BCUT2D eigenvalue weighted by Crippen LogP contribution is 2.28. The second-order valence-corrected chi connectivity index (χ2v) is 7.69. The number of hydrogen-bond acceptors (Lipinski definition) is 7. The van der Waals surface area contributed by atoms with Crippen LogP contribution >= 0.6 is 0 Å². The molecule has 4 unspecified atom stereocenters. The minimum absolute atomic E-state index is 0.148. The van der Waals surface area contributed by atoms with Gasteiger partial charge in [-0.25, -0.2) is 8.42 Å². The first-order chi connectivity index (χ1) is 12.7. The second-order valence-electron chi connectivity index (χ2n) is 5.80. The van der Waals surface area contributed by atoms with E-state index in [1.807, 2.05) is 0 Å². The van der Waals surface area contributed by atoms with Crippen LogP contribution in [0.2, 0.25) is 0 Å². The molecule has 1 saturated heterocycles. The largest absolute Gasteiger partial charge is 0.481 e. The molecule has 3 N–H and O–H groups in total. The number of sulfonamides is 1. The lowest BCUT2D eigenvalue weighted by Gasteiger charge is -2.42. The first-order valence-corrected chi connectivity index (χ1v) is 9.44. The monoisotopic (exact) mass is 399 g/mol. The summed E-state index contributed by atoms with van der Waals surface area (Å²) in [4.78, 5) is 11.5. The van der Waals surface area contributed by atoms with Gasteiger partial charge in [0.05, 0.1) is 11.0 Å². The van der Waals surface area contributed by atoms with Crippen LogP contribution in [0.15, 0.2) is 29.2 Å². The molecule has 10 heteroatoms. The molecule has 0 radical (unpaired) electrons. The molecule has 148 valence electrons. The molecule has 0 saturated carbocycles. The molecule has 1 aliphatic heterocycles. The number of carbonyl (C=O) groups is 1.